The number of β-amino-alcohol motifs (C(OH)–C–C–N with tert-alkyl or cyclic N) is 1. The number of fused-ring (bicyclic) bond motifs is 1. The van der Waals surface area contributed by atoms with Gasteiger partial charge < -0.3 is 14.7 Å². The van der Waals surface area contributed by atoms with Crippen molar-refractivity contribution in [2.24, 2.45) is 0 Å². The third-order valence-electron chi connectivity index (χ3n) is 5.40. The first-order valence-electron chi connectivity index (χ1n) is 9.42. The lowest BCUT2D eigenvalue weighted by molar-refractivity contribution is -0.0265. The van der Waals surface area contributed by atoms with Gasteiger partial charge in [0.15, 0.2) is 0 Å². The predicted octanol–water partition coefficient (Wildman–Crippen LogP) is 2.14. The second kappa shape index (κ2) is 7.68. The Kier molecular flexibility index (Phi) is 5.15. The fourth-order valence-corrected chi connectivity index (χ4v) is 3.90. The topological polar surface area (TPSA) is 48.8 Å². The molecule has 5 nitrogen and oxygen atoms in total. The molecule has 3 heterocycles. The molecule has 2 atom stereocenters. The first-order chi connectivity index (χ1) is 12.3. The molecular formula is C20H27N3O2. The molecule has 0 saturated carbocycles. The number of benzene rings is 1. The Hall–Kier alpha value is -1.69. The van der Waals surface area contributed by atoms with Gasteiger partial charge in [0.1, 0.15) is 18.0 Å². The van der Waals surface area contributed by atoms with Crippen LogP contribution >= 0.6 is 0 Å². The second-order valence-electron chi connectivity index (χ2n) is 7.22. The van der Waals surface area contributed by atoms with Crippen molar-refractivity contribution in [3.63, 3.8) is 0 Å². The number of pyridine rings is 1. The number of aliphatic hydroxyl groups excluding tert-OH is 1. The number of piperidine rings is 1. The van der Waals surface area contributed by atoms with Gasteiger partial charge in [-0.15, -0.1) is 0 Å². The van der Waals surface area contributed by atoms with Crippen LogP contribution in [0.3, 0.4) is 0 Å². The Morgan fingerprint density at radius 3 is 2.76 bits per heavy atom. The molecule has 0 aliphatic carbocycles. The van der Waals surface area contributed by atoms with Crippen LogP contribution in [0.4, 0.5) is 0 Å². The zero-order valence-electron chi connectivity index (χ0n) is 14.7. The van der Waals surface area contributed by atoms with Gasteiger partial charge >= 0.3 is 0 Å². The van der Waals surface area contributed by atoms with Crippen molar-refractivity contribution in [3.05, 3.63) is 36.5 Å². The van der Waals surface area contributed by atoms with Crippen molar-refractivity contribution < 1.29 is 9.84 Å². The Bertz CT molecular complexity index is 702. The molecule has 0 amide bonds. The molecule has 25 heavy (non-hydrogen) atoms. The van der Waals surface area contributed by atoms with Crippen molar-refractivity contribution in [2.75, 3.05) is 39.3 Å². The lowest BCUT2D eigenvalue weighted by Crippen LogP contribution is -2.50. The van der Waals surface area contributed by atoms with Gasteiger partial charge in [-0.3, -0.25) is 9.88 Å². The van der Waals surface area contributed by atoms with Gasteiger partial charge in [0, 0.05) is 43.8 Å². The predicted molar refractivity (Wildman–Crippen MR) is 98.9 cm³/mol. The molecule has 2 aliphatic rings. The van der Waals surface area contributed by atoms with E-state index in [0.29, 0.717) is 6.54 Å². The van der Waals surface area contributed by atoms with Gasteiger partial charge in [0.25, 0.3) is 0 Å². The average molecular weight is 341 g/mol. The molecule has 134 valence electrons. The standard InChI is InChI=1S/C20H27N3O2/c24-19-15-23(13-12-22-9-1-2-10-22)11-7-20(19)25-17-6-5-16-4-3-8-21-18(16)14-17/h3-6,8,14,19-20,24H,1-2,7,9-13,15H2/t19-,20-/m1/s1. The summed E-state index contributed by atoms with van der Waals surface area (Å²) in [5.74, 6) is 0.792. The smallest absolute Gasteiger partial charge is 0.127 e. The highest BCUT2D eigenvalue weighted by Gasteiger charge is 2.29. The molecule has 0 spiro atoms. The Labute approximate surface area is 149 Å². The number of likely N-dealkylation sites (tertiary alicyclic amines) is 2. The summed E-state index contributed by atoms with van der Waals surface area (Å²) in [6, 6.07) is 9.93. The highest BCUT2D eigenvalue weighted by atomic mass is 16.5. The van der Waals surface area contributed by atoms with E-state index in [1.165, 1.54) is 25.9 Å². The van der Waals surface area contributed by atoms with Gasteiger partial charge in [-0.2, -0.15) is 0 Å². The molecule has 0 bridgehead atoms. The van der Waals surface area contributed by atoms with E-state index in [0.717, 1.165) is 42.7 Å². The minimum absolute atomic E-state index is 0.135. The molecule has 2 aliphatic heterocycles. The van der Waals surface area contributed by atoms with Crippen molar-refractivity contribution in [1.82, 2.24) is 14.8 Å². The zero-order chi connectivity index (χ0) is 17.1. The molecule has 1 N–H and O–H groups in total. The van der Waals surface area contributed by atoms with Crippen LogP contribution in [-0.2, 0) is 0 Å². The van der Waals surface area contributed by atoms with Crippen LogP contribution in [0.1, 0.15) is 19.3 Å². The van der Waals surface area contributed by atoms with Crippen molar-refractivity contribution >= 4 is 10.9 Å². The number of aliphatic hydroxyl groups is 1. The maximum Gasteiger partial charge on any atom is 0.127 e. The molecule has 1 aromatic heterocycles. The van der Waals surface area contributed by atoms with E-state index in [1.807, 2.05) is 30.3 Å². The molecule has 2 saturated heterocycles. The van der Waals surface area contributed by atoms with E-state index in [1.54, 1.807) is 6.20 Å². The summed E-state index contributed by atoms with van der Waals surface area (Å²) in [6.07, 6.45) is 4.75. The van der Waals surface area contributed by atoms with E-state index in [-0.39, 0.29) is 6.10 Å². The van der Waals surface area contributed by atoms with Gasteiger partial charge in [0.2, 0.25) is 0 Å². The highest BCUT2D eigenvalue weighted by Crippen LogP contribution is 2.23. The summed E-state index contributed by atoms with van der Waals surface area (Å²) in [6.45, 7) is 6.32. The van der Waals surface area contributed by atoms with Crippen LogP contribution in [0.5, 0.6) is 5.75 Å². The van der Waals surface area contributed by atoms with E-state index in [4.69, 9.17) is 4.74 Å². The molecule has 0 unspecified atom stereocenters. The molecule has 0 radical (unpaired) electrons. The van der Waals surface area contributed by atoms with Crippen LogP contribution in [0.25, 0.3) is 10.9 Å². The summed E-state index contributed by atoms with van der Waals surface area (Å²) in [4.78, 5) is 9.26. The maximum atomic E-state index is 10.5. The van der Waals surface area contributed by atoms with Crippen molar-refractivity contribution in [2.45, 2.75) is 31.5 Å². The zero-order valence-corrected chi connectivity index (χ0v) is 14.7. The Morgan fingerprint density at radius 2 is 1.92 bits per heavy atom. The number of ether oxygens (including phenoxy) is 1. The highest BCUT2D eigenvalue weighted by molar-refractivity contribution is 5.79. The Morgan fingerprint density at radius 1 is 1.08 bits per heavy atom. The van der Waals surface area contributed by atoms with Crippen LogP contribution in [0.2, 0.25) is 0 Å². The van der Waals surface area contributed by atoms with Crippen molar-refractivity contribution in [3.8, 4) is 5.75 Å². The quantitative estimate of drug-likeness (QED) is 0.903. The van der Waals surface area contributed by atoms with E-state index < -0.39 is 6.10 Å². The van der Waals surface area contributed by atoms with Gasteiger partial charge in [-0.1, -0.05) is 6.07 Å². The lowest BCUT2D eigenvalue weighted by Gasteiger charge is -2.36. The fraction of sp³-hybridized carbons (Fsp3) is 0.550. The largest absolute Gasteiger partial charge is 0.488 e. The number of rotatable bonds is 5. The first-order valence-corrected chi connectivity index (χ1v) is 9.42. The summed E-state index contributed by atoms with van der Waals surface area (Å²) in [5, 5.41) is 11.6. The minimum atomic E-state index is -0.438. The Balaban J connectivity index is 1.31. The first kappa shape index (κ1) is 16.8. The molecule has 4 rings (SSSR count). The SMILES string of the molecule is O[C@@H]1CN(CCN2CCCC2)CC[C@H]1Oc1ccc2cccnc2c1. The number of hydrogen-bond acceptors (Lipinski definition) is 5. The number of aromatic nitrogens is 1. The molecule has 1 aromatic carbocycles. The third kappa shape index (κ3) is 4.11. The van der Waals surface area contributed by atoms with Gasteiger partial charge in [-0.25, -0.2) is 0 Å². The molecule has 2 aromatic rings. The van der Waals surface area contributed by atoms with Gasteiger partial charge in [0.05, 0.1) is 5.52 Å². The summed E-state index contributed by atoms with van der Waals surface area (Å²) >= 11 is 0. The van der Waals surface area contributed by atoms with Crippen molar-refractivity contribution in [1.29, 1.82) is 0 Å². The minimum Gasteiger partial charge on any atom is -0.488 e. The van der Waals surface area contributed by atoms with Crippen LogP contribution < -0.4 is 4.74 Å². The summed E-state index contributed by atoms with van der Waals surface area (Å²) in [7, 11) is 0. The van der Waals surface area contributed by atoms with E-state index >= 15 is 0 Å². The summed E-state index contributed by atoms with van der Waals surface area (Å²) < 4.78 is 6.07. The lowest BCUT2D eigenvalue weighted by atomic mass is 10.0. The third-order valence-corrected chi connectivity index (χ3v) is 5.40. The second-order valence-corrected chi connectivity index (χ2v) is 7.22. The maximum absolute atomic E-state index is 10.5. The van der Waals surface area contributed by atoms with E-state index in [9.17, 15) is 5.11 Å². The summed E-state index contributed by atoms with van der Waals surface area (Å²) in [5.41, 5.74) is 0.928. The monoisotopic (exact) mass is 341 g/mol. The normalized spacial score (nSPS) is 25.5. The molecule has 2 fully saturated rings. The molecule has 5 heteroatoms. The molecular weight excluding hydrogens is 314 g/mol. The van der Waals surface area contributed by atoms with E-state index in [2.05, 4.69) is 14.8 Å². The fourth-order valence-electron chi connectivity index (χ4n) is 3.90. The van der Waals surface area contributed by atoms with Gasteiger partial charge in [-0.05, 0) is 50.6 Å². The van der Waals surface area contributed by atoms with Crippen LogP contribution in [0, 0.1) is 0 Å². The van der Waals surface area contributed by atoms with Crippen LogP contribution in [0.15, 0.2) is 36.5 Å². The number of hydrogen-bond donors (Lipinski definition) is 1. The average Bonchev–Trinajstić information content (AvgIpc) is 3.15. The number of nitrogens with zero attached hydrogens (tertiary/aromatic N) is 3. The van der Waals surface area contributed by atoms with Crippen LogP contribution in [-0.4, -0.2) is 71.4 Å².